The van der Waals surface area contributed by atoms with Gasteiger partial charge < -0.3 is 14.9 Å². The Morgan fingerprint density at radius 3 is 2.29 bits per heavy atom. The van der Waals surface area contributed by atoms with E-state index in [2.05, 4.69) is 0 Å². The van der Waals surface area contributed by atoms with Crippen molar-refractivity contribution in [3.8, 4) is 0 Å². The lowest BCUT2D eigenvalue weighted by Gasteiger charge is -2.31. The maximum atomic E-state index is 11.5. The molecule has 0 heterocycles. The zero-order valence-electron chi connectivity index (χ0n) is 12.4. The molecule has 0 aromatic rings. The summed E-state index contributed by atoms with van der Waals surface area (Å²) in [6, 6.07) is 0. The lowest BCUT2D eigenvalue weighted by atomic mass is 9.73. The number of ether oxygens (including phenoxy) is 1. The van der Waals surface area contributed by atoms with E-state index in [1.165, 1.54) is 0 Å². The fourth-order valence-corrected chi connectivity index (χ4v) is 2.64. The first-order chi connectivity index (χ1) is 9.86. The van der Waals surface area contributed by atoms with Crippen molar-refractivity contribution in [2.45, 2.75) is 39.5 Å². The molecule has 1 aliphatic carbocycles. The fraction of sp³-hybridized carbons (Fsp3) is 0.667. The lowest BCUT2D eigenvalue weighted by molar-refractivity contribution is -0.156. The van der Waals surface area contributed by atoms with Gasteiger partial charge in [0.05, 0.1) is 18.4 Å². The van der Waals surface area contributed by atoms with Crippen molar-refractivity contribution >= 4 is 17.9 Å². The molecule has 1 fully saturated rings. The van der Waals surface area contributed by atoms with Crippen LogP contribution in [0.5, 0.6) is 0 Å². The maximum Gasteiger partial charge on any atom is 0.333 e. The molecule has 6 nitrogen and oxygen atoms in total. The number of carboxylic acid groups (broad SMARTS) is 2. The number of esters is 1. The summed E-state index contributed by atoms with van der Waals surface area (Å²) in [5.41, 5.74) is 0.535. The van der Waals surface area contributed by atoms with Crippen LogP contribution in [-0.4, -0.2) is 34.7 Å². The summed E-state index contributed by atoms with van der Waals surface area (Å²) in [5, 5.41) is 18.2. The van der Waals surface area contributed by atoms with E-state index in [9.17, 15) is 14.4 Å². The average molecular weight is 298 g/mol. The minimum absolute atomic E-state index is 0.0837. The Kier molecular flexibility index (Phi) is 6.39. The van der Waals surface area contributed by atoms with Crippen LogP contribution in [0.25, 0.3) is 0 Å². The van der Waals surface area contributed by atoms with Crippen LogP contribution in [0, 0.1) is 17.8 Å². The number of rotatable bonds is 6. The highest BCUT2D eigenvalue weighted by atomic mass is 16.5. The van der Waals surface area contributed by atoms with Crippen LogP contribution >= 0.6 is 0 Å². The van der Waals surface area contributed by atoms with Gasteiger partial charge in [0, 0.05) is 5.57 Å². The van der Waals surface area contributed by atoms with E-state index in [1.807, 2.05) is 0 Å². The van der Waals surface area contributed by atoms with E-state index in [1.54, 1.807) is 19.9 Å². The molecule has 0 spiro atoms. The highest BCUT2D eigenvalue weighted by Gasteiger charge is 2.39. The van der Waals surface area contributed by atoms with Crippen molar-refractivity contribution in [1.29, 1.82) is 0 Å². The van der Waals surface area contributed by atoms with Gasteiger partial charge in [-0.15, -0.1) is 0 Å². The summed E-state index contributed by atoms with van der Waals surface area (Å²) in [7, 11) is 0. The molecule has 0 amide bonds. The molecule has 1 aliphatic rings. The summed E-state index contributed by atoms with van der Waals surface area (Å²) in [5.74, 6) is -4.06. The summed E-state index contributed by atoms with van der Waals surface area (Å²) >= 11 is 0. The average Bonchev–Trinajstić information content (AvgIpc) is 2.45. The SMILES string of the molecule is CC=C(C)C(=O)OCCC1CCC(C(=O)O)C(C(=O)O)C1. The second kappa shape index (κ2) is 7.81. The molecule has 0 radical (unpaired) electrons. The van der Waals surface area contributed by atoms with Crippen LogP contribution in [0.3, 0.4) is 0 Å². The Morgan fingerprint density at radius 2 is 1.76 bits per heavy atom. The van der Waals surface area contributed by atoms with Gasteiger partial charge in [0.1, 0.15) is 0 Å². The highest BCUT2D eigenvalue weighted by Crippen LogP contribution is 2.36. The van der Waals surface area contributed by atoms with Crippen molar-refractivity contribution in [3.05, 3.63) is 11.6 Å². The van der Waals surface area contributed by atoms with Crippen molar-refractivity contribution < 1.29 is 29.3 Å². The third-order valence-corrected chi connectivity index (χ3v) is 4.11. The summed E-state index contributed by atoms with van der Waals surface area (Å²) < 4.78 is 5.10. The normalized spacial score (nSPS) is 26.2. The van der Waals surface area contributed by atoms with Gasteiger partial charge in [0.2, 0.25) is 0 Å². The van der Waals surface area contributed by atoms with Gasteiger partial charge in [-0.3, -0.25) is 9.59 Å². The van der Waals surface area contributed by atoms with Gasteiger partial charge in [-0.1, -0.05) is 6.08 Å². The molecular weight excluding hydrogens is 276 g/mol. The molecule has 0 aromatic heterocycles. The van der Waals surface area contributed by atoms with Gasteiger partial charge in [0.25, 0.3) is 0 Å². The topological polar surface area (TPSA) is 101 Å². The third kappa shape index (κ3) is 4.88. The minimum Gasteiger partial charge on any atom is -0.481 e. The molecule has 0 aliphatic heterocycles. The van der Waals surface area contributed by atoms with Crippen molar-refractivity contribution in [3.63, 3.8) is 0 Å². The van der Waals surface area contributed by atoms with Gasteiger partial charge in [-0.25, -0.2) is 4.79 Å². The molecule has 3 atom stereocenters. The minimum atomic E-state index is -1.06. The van der Waals surface area contributed by atoms with Crippen molar-refractivity contribution in [2.75, 3.05) is 6.61 Å². The molecule has 1 rings (SSSR count). The summed E-state index contributed by atoms with van der Waals surface area (Å²) in [6.45, 7) is 3.65. The Bertz CT molecular complexity index is 439. The molecule has 21 heavy (non-hydrogen) atoms. The lowest BCUT2D eigenvalue weighted by Crippen LogP contribution is -2.35. The Labute approximate surface area is 123 Å². The molecule has 0 bridgehead atoms. The summed E-state index contributed by atoms with van der Waals surface area (Å²) in [6.07, 6.45) is 3.58. The Balaban J connectivity index is 2.47. The number of hydrogen-bond acceptors (Lipinski definition) is 4. The first-order valence-electron chi connectivity index (χ1n) is 7.12. The van der Waals surface area contributed by atoms with Crippen LogP contribution in [0.15, 0.2) is 11.6 Å². The van der Waals surface area contributed by atoms with Gasteiger partial charge in [-0.2, -0.15) is 0 Å². The molecule has 2 N–H and O–H groups in total. The first-order valence-corrected chi connectivity index (χ1v) is 7.12. The zero-order valence-corrected chi connectivity index (χ0v) is 12.4. The predicted octanol–water partition coefficient (Wildman–Crippen LogP) is 2.09. The van der Waals surface area contributed by atoms with E-state index in [0.29, 0.717) is 31.3 Å². The van der Waals surface area contributed by atoms with Crippen molar-refractivity contribution in [1.82, 2.24) is 0 Å². The van der Waals surface area contributed by atoms with E-state index < -0.39 is 23.8 Å². The van der Waals surface area contributed by atoms with Gasteiger partial charge in [0.15, 0.2) is 0 Å². The van der Waals surface area contributed by atoms with E-state index in [4.69, 9.17) is 14.9 Å². The van der Waals surface area contributed by atoms with Crippen LogP contribution in [-0.2, 0) is 19.1 Å². The van der Waals surface area contributed by atoms with E-state index in [-0.39, 0.29) is 18.5 Å². The summed E-state index contributed by atoms with van der Waals surface area (Å²) in [4.78, 5) is 33.7. The fourth-order valence-electron chi connectivity index (χ4n) is 2.64. The molecular formula is C15H22O6. The number of carboxylic acids is 2. The molecule has 0 saturated heterocycles. The molecule has 3 unspecified atom stereocenters. The monoisotopic (exact) mass is 298 g/mol. The molecule has 6 heteroatoms. The second-order valence-electron chi connectivity index (χ2n) is 5.46. The standard InChI is InChI=1S/C15H22O6/c1-3-9(2)15(20)21-7-6-10-4-5-11(13(16)17)12(8-10)14(18)19/h3,10-12H,4-8H2,1-2H3,(H,16,17)(H,18,19). The Morgan fingerprint density at radius 1 is 1.14 bits per heavy atom. The number of carbonyl (C=O) groups excluding carboxylic acids is 1. The smallest absolute Gasteiger partial charge is 0.333 e. The van der Waals surface area contributed by atoms with Crippen molar-refractivity contribution in [2.24, 2.45) is 17.8 Å². The van der Waals surface area contributed by atoms with Gasteiger partial charge in [-0.05, 0) is 45.4 Å². The predicted molar refractivity (Wildman–Crippen MR) is 74.6 cm³/mol. The largest absolute Gasteiger partial charge is 0.481 e. The number of aliphatic carboxylic acids is 2. The maximum absolute atomic E-state index is 11.5. The van der Waals surface area contributed by atoms with Crippen LogP contribution < -0.4 is 0 Å². The van der Waals surface area contributed by atoms with Crippen LogP contribution in [0.2, 0.25) is 0 Å². The van der Waals surface area contributed by atoms with Crippen LogP contribution in [0.1, 0.15) is 39.5 Å². The van der Waals surface area contributed by atoms with Crippen LogP contribution in [0.4, 0.5) is 0 Å². The molecule has 0 aromatic carbocycles. The number of carbonyl (C=O) groups is 3. The second-order valence-corrected chi connectivity index (χ2v) is 5.46. The number of hydrogen-bond donors (Lipinski definition) is 2. The highest BCUT2D eigenvalue weighted by molar-refractivity contribution is 5.87. The van der Waals surface area contributed by atoms with Gasteiger partial charge >= 0.3 is 17.9 Å². The zero-order chi connectivity index (χ0) is 16.0. The van der Waals surface area contributed by atoms with E-state index in [0.717, 1.165) is 0 Å². The molecule has 118 valence electrons. The number of allylic oxidation sites excluding steroid dienone is 1. The Hall–Kier alpha value is -1.85. The third-order valence-electron chi connectivity index (χ3n) is 4.11. The molecule has 1 saturated carbocycles. The van der Waals surface area contributed by atoms with E-state index >= 15 is 0 Å². The first kappa shape index (κ1) is 17.2. The quantitative estimate of drug-likeness (QED) is 0.575.